The summed E-state index contributed by atoms with van der Waals surface area (Å²) in [6, 6.07) is 3.76. The predicted molar refractivity (Wildman–Crippen MR) is 68.3 cm³/mol. The lowest BCUT2D eigenvalue weighted by molar-refractivity contribution is -0.129. The van der Waals surface area contributed by atoms with Gasteiger partial charge in [0.15, 0.2) is 0 Å². The third kappa shape index (κ3) is 3.43. The SMILES string of the molecule is COc1ccc(CNCC(=O)N2CCCC2)cn1. The van der Waals surface area contributed by atoms with Crippen LogP contribution in [-0.4, -0.2) is 42.5 Å². The van der Waals surface area contributed by atoms with Crippen LogP contribution in [0.2, 0.25) is 0 Å². The quantitative estimate of drug-likeness (QED) is 0.838. The van der Waals surface area contributed by atoms with Gasteiger partial charge < -0.3 is 15.0 Å². The minimum atomic E-state index is 0.189. The van der Waals surface area contributed by atoms with Gasteiger partial charge in [-0.3, -0.25) is 4.79 Å². The summed E-state index contributed by atoms with van der Waals surface area (Å²) < 4.78 is 4.99. The Morgan fingerprint density at radius 1 is 1.44 bits per heavy atom. The van der Waals surface area contributed by atoms with Gasteiger partial charge in [-0.1, -0.05) is 6.07 Å². The molecule has 1 aliphatic heterocycles. The van der Waals surface area contributed by atoms with Crippen molar-refractivity contribution in [2.45, 2.75) is 19.4 Å². The standard InChI is InChI=1S/C13H19N3O2/c1-18-12-5-4-11(9-15-12)8-14-10-13(17)16-6-2-3-7-16/h4-5,9,14H,2-3,6-8,10H2,1H3. The number of carbonyl (C=O) groups is 1. The van der Waals surface area contributed by atoms with E-state index >= 15 is 0 Å². The van der Waals surface area contributed by atoms with Crippen molar-refractivity contribution in [3.63, 3.8) is 0 Å². The lowest BCUT2D eigenvalue weighted by atomic mass is 10.3. The number of methoxy groups -OCH3 is 1. The van der Waals surface area contributed by atoms with Gasteiger partial charge in [-0.05, 0) is 18.4 Å². The van der Waals surface area contributed by atoms with Crippen molar-refractivity contribution >= 4 is 5.91 Å². The monoisotopic (exact) mass is 249 g/mol. The summed E-state index contributed by atoms with van der Waals surface area (Å²) in [6.45, 7) is 2.86. The second-order valence-electron chi connectivity index (χ2n) is 4.40. The Morgan fingerprint density at radius 3 is 2.83 bits per heavy atom. The van der Waals surface area contributed by atoms with Gasteiger partial charge in [-0.2, -0.15) is 0 Å². The molecule has 0 unspecified atom stereocenters. The number of nitrogens with zero attached hydrogens (tertiary/aromatic N) is 2. The molecule has 1 aliphatic rings. The van der Waals surface area contributed by atoms with Crippen LogP contribution in [0.25, 0.3) is 0 Å². The van der Waals surface area contributed by atoms with Gasteiger partial charge in [0, 0.05) is 31.9 Å². The van der Waals surface area contributed by atoms with Gasteiger partial charge in [-0.15, -0.1) is 0 Å². The minimum Gasteiger partial charge on any atom is -0.481 e. The lowest BCUT2D eigenvalue weighted by Crippen LogP contribution is -2.35. The van der Waals surface area contributed by atoms with E-state index < -0.39 is 0 Å². The average molecular weight is 249 g/mol. The zero-order valence-electron chi connectivity index (χ0n) is 10.7. The van der Waals surface area contributed by atoms with E-state index in [1.165, 1.54) is 0 Å². The summed E-state index contributed by atoms with van der Waals surface area (Å²) in [4.78, 5) is 17.8. The first kappa shape index (κ1) is 12.8. The normalized spacial score (nSPS) is 14.8. The van der Waals surface area contributed by atoms with E-state index in [4.69, 9.17) is 4.74 Å². The Balaban J connectivity index is 1.72. The molecule has 18 heavy (non-hydrogen) atoms. The summed E-state index contributed by atoms with van der Waals surface area (Å²) in [5, 5.41) is 3.14. The molecule has 5 heteroatoms. The van der Waals surface area contributed by atoms with Crippen molar-refractivity contribution < 1.29 is 9.53 Å². The van der Waals surface area contributed by atoms with Crippen LogP contribution in [0.3, 0.4) is 0 Å². The maximum absolute atomic E-state index is 11.8. The van der Waals surface area contributed by atoms with Gasteiger partial charge in [-0.25, -0.2) is 4.98 Å². The molecule has 0 aliphatic carbocycles. The molecular weight excluding hydrogens is 230 g/mol. The number of hydrogen-bond acceptors (Lipinski definition) is 4. The Bertz CT molecular complexity index is 386. The Labute approximate surface area is 107 Å². The number of carbonyl (C=O) groups excluding carboxylic acids is 1. The number of amides is 1. The molecule has 0 aromatic carbocycles. The van der Waals surface area contributed by atoms with Crippen LogP contribution in [0, 0.1) is 0 Å². The summed E-state index contributed by atoms with van der Waals surface area (Å²) in [5.74, 6) is 0.792. The van der Waals surface area contributed by atoms with Crippen molar-refractivity contribution in [3.05, 3.63) is 23.9 Å². The molecule has 1 saturated heterocycles. The summed E-state index contributed by atoms with van der Waals surface area (Å²) in [6.07, 6.45) is 4.02. The highest BCUT2D eigenvalue weighted by Crippen LogP contribution is 2.08. The fraction of sp³-hybridized carbons (Fsp3) is 0.538. The van der Waals surface area contributed by atoms with Crippen LogP contribution in [0.5, 0.6) is 5.88 Å². The molecule has 1 fully saturated rings. The van der Waals surface area contributed by atoms with E-state index in [-0.39, 0.29) is 5.91 Å². The third-order valence-corrected chi connectivity index (χ3v) is 3.07. The predicted octanol–water partition coefficient (Wildman–Crippen LogP) is 0.802. The molecule has 0 radical (unpaired) electrons. The van der Waals surface area contributed by atoms with E-state index in [0.717, 1.165) is 31.5 Å². The van der Waals surface area contributed by atoms with Crippen LogP contribution in [-0.2, 0) is 11.3 Å². The highest BCUT2D eigenvalue weighted by molar-refractivity contribution is 5.78. The van der Waals surface area contributed by atoms with Gasteiger partial charge in [0.1, 0.15) is 0 Å². The first-order chi connectivity index (χ1) is 8.79. The van der Waals surface area contributed by atoms with Crippen LogP contribution < -0.4 is 10.1 Å². The van der Waals surface area contributed by atoms with Crippen molar-refractivity contribution in [1.29, 1.82) is 0 Å². The topological polar surface area (TPSA) is 54.5 Å². The molecule has 1 aromatic rings. The second kappa shape index (κ2) is 6.35. The smallest absolute Gasteiger partial charge is 0.236 e. The maximum atomic E-state index is 11.8. The molecular formula is C13H19N3O2. The molecule has 0 spiro atoms. The first-order valence-corrected chi connectivity index (χ1v) is 6.27. The number of likely N-dealkylation sites (tertiary alicyclic amines) is 1. The Morgan fingerprint density at radius 2 is 2.22 bits per heavy atom. The zero-order valence-corrected chi connectivity index (χ0v) is 10.7. The largest absolute Gasteiger partial charge is 0.481 e. The number of pyridine rings is 1. The van der Waals surface area contributed by atoms with Crippen molar-refractivity contribution in [1.82, 2.24) is 15.2 Å². The maximum Gasteiger partial charge on any atom is 0.236 e. The first-order valence-electron chi connectivity index (χ1n) is 6.27. The lowest BCUT2D eigenvalue weighted by Gasteiger charge is -2.15. The van der Waals surface area contributed by atoms with Crippen molar-refractivity contribution in [2.24, 2.45) is 0 Å². The average Bonchev–Trinajstić information content (AvgIpc) is 2.93. The molecule has 0 atom stereocenters. The zero-order chi connectivity index (χ0) is 12.8. The molecule has 1 N–H and O–H groups in total. The molecule has 2 rings (SSSR count). The van der Waals surface area contributed by atoms with Gasteiger partial charge in [0.25, 0.3) is 0 Å². The van der Waals surface area contributed by atoms with E-state index in [0.29, 0.717) is 19.0 Å². The number of ether oxygens (including phenoxy) is 1. The number of nitrogens with one attached hydrogen (secondary N) is 1. The van der Waals surface area contributed by atoms with Crippen molar-refractivity contribution in [2.75, 3.05) is 26.7 Å². The second-order valence-corrected chi connectivity index (χ2v) is 4.40. The molecule has 5 nitrogen and oxygen atoms in total. The fourth-order valence-electron chi connectivity index (χ4n) is 2.03. The Kier molecular flexibility index (Phi) is 4.52. The summed E-state index contributed by atoms with van der Waals surface area (Å²) >= 11 is 0. The van der Waals surface area contributed by atoms with Gasteiger partial charge in [0.2, 0.25) is 11.8 Å². The fourth-order valence-corrected chi connectivity index (χ4v) is 2.03. The molecule has 98 valence electrons. The Hall–Kier alpha value is -1.62. The van der Waals surface area contributed by atoms with Crippen molar-refractivity contribution in [3.8, 4) is 5.88 Å². The minimum absolute atomic E-state index is 0.189. The number of rotatable bonds is 5. The van der Waals surface area contributed by atoms with E-state index in [2.05, 4.69) is 10.3 Å². The number of aromatic nitrogens is 1. The number of hydrogen-bond donors (Lipinski definition) is 1. The van der Waals surface area contributed by atoms with Gasteiger partial charge >= 0.3 is 0 Å². The third-order valence-electron chi connectivity index (χ3n) is 3.07. The van der Waals surface area contributed by atoms with E-state index in [1.54, 1.807) is 13.3 Å². The molecule has 0 saturated carbocycles. The molecule has 2 heterocycles. The van der Waals surface area contributed by atoms with Crippen LogP contribution in [0.4, 0.5) is 0 Å². The molecule has 1 aromatic heterocycles. The van der Waals surface area contributed by atoms with E-state index in [9.17, 15) is 4.79 Å². The van der Waals surface area contributed by atoms with Crippen LogP contribution in [0.15, 0.2) is 18.3 Å². The molecule has 0 bridgehead atoms. The summed E-state index contributed by atoms with van der Waals surface area (Å²) in [7, 11) is 1.59. The molecule has 1 amide bonds. The van der Waals surface area contributed by atoms with Crippen LogP contribution in [0.1, 0.15) is 18.4 Å². The van der Waals surface area contributed by atoms with Gasteiger partial charge in [0.05, 0.1) is 13.7 Å². The highest BCUT2D eigenvalue weighted by Gasteiger charge is 2.16. The highest BCUT2D eigenvalue weighted by atomic mass is 16.5. The van der Waals surface area contributed by atoms with Crippen LogP contribution >= 0.6 is 0 Å². The summed E-state index contributed by atoms with van der Waals surface area (Å²) in [5.41, 5.74) is 1.05. The van der Waals surface area contributed by atoms with E-state index in [1.807, 2.05) is 17.0 Å².